The highest BCUT2D eigenvalue weighted by atomic mass is 35.5. The Labute approximate surface area is 95.9 Å². The van der Waals surface area contributed by atoms with Crippen LogP contribution in [0, 0.1) is 5.41 Å². The maximum Gasteiger partial charge on any atom is 0.127 e. The summed E-state index contributed by atoms with van der Waals surface area (Å²) in [5.74, 6) is 0.794. The van der Waals surface area contributed by atoms with Gasteiger partial charge in [0, 0.05) is 23.7 Å². The molecule has 1 aromatic rings. The lowest BCUT2D eigenvalue weighted by Gasteiger charge is -2.03. The molecule has 0 spiro atoms. The van der Waals surface area contributed by atoms with Crippen LogP contribution in [0.5, 0.6) is 0 Å². The van der Waals surface area contributed by atoms with Crippen LogP contribution < -0.4 is 5.32 Å². The lowest BCUT2D eigenvalue weighted by atomic mass is 10.0. The van der Waals surface area contributed by atoms with Gasteiger partial charge in [-0.1, -0.05) is 32.4 Å². The van der Waals surface area contributed by atoms with Crippen molar-refractivity contribution in [2.75, 3.05) is 12.4 Å². The monoisotopic (exact) mass is 228 g/mol. The van der Waals surface area contributed by atoms with Crippen LogP contribution in [-0.2, 0) is 4.79 Å². The molecule has 0 unspecified atom stereocenters. The normalized spacial score (nSPS) is 9.93. The predicted molar refractivity (Wildman–Crippen MR) is 64.3 cm³/mol. The van der Waals surface area contributed by atoms with Crippen molar-refractivity contribution >= 4 is 23.7 Å². The lowest BCUT2D eigenvalue weighted by Crippen LogP contribution is -2.04. The van der Waals surface area contributed by atoms with Crippen molar-refractivity contribution in [1.82, 2.24) is 4.98 Å². The van der Waals surface area contributed by atoms with Crippen molar-refractivity contribution in [3.8, 4) is 0 Å². The van der Waals surface area contributed by atoms with Gasteiger partial charge in [-0.3, -0.25) is 0 Å². The largest absolute Gasteiger partial charge is 0.373 e. The van der Waals surface area contributed by atoms with Crippen LogP contribution in [-0.4, -0.2) is 18.3 Å². The second-order valence-electron chi connectivity index (χ2n) is 4.09. The minimum absolute atomic E-state index is 0.139. The summed E-state index contributed by atoms with van der Waals surface area (Å²) in [5.41, 5.74) is -0.139. The molecule has 1 N–H and O–H groups in total. The van der Waals surface area contributed by atoms with E-state index in [2.05, 4.69) is 10.3 Å². The third kappa shape index (κ3) is 7.94. The number of pyridine rings is 1. The van der Waals surface area contributed by atoms with Crippen LogP contribution in [0.1, 0.15) is 20.8 Å². The fourth-order valence-electron chi connectivity index (χ4n) is 0.541. The van der Waals surface area contributed by atoms with E-state index in [-0.39, 0.29) is 5.41 Å². The highest BCUT2D eigenvalue weighted by Crippen LogP contribution is 2.10. The standard InChI is InChI=1S/C6H7ClN2.C5H10O/c1-8-6-4-5(7)2-3-9-6;1-5(2,3)4-6/h2-4H,1H3,(H,8,9);4H,1-3H3. The molecule has 84 valence electrons. The SMILES string of the molecule is CC(C)(C)C=O.CNc1cc(Cl)ccn1. The predicted octanol–water partition coefficient (Wildman–Crippen LogP) is 3.01. The van der Waals surface area contributed by atoms with Gasteiger partial charge in [0.15, 0.2) is 0 Å². The van der Waals surface area contributed by atoms with Gasteiger partial charge in [0.25, 0.3) is 0 Å². The number of hydrogen-bond acceptors (Lipinski definition) is 3. The number of anilines is 1. The van der Waals surface area contributed by atoms with Crippen LogP contribution in [0.3, 0.4) is 0 Å². The van der Waals surface area contributed by atoms with Crippen molar-refractivity contribution in [3.05, 3.63) is 23.4 Å². The molecule has 1 aromatic heterocycles. The summed E-state index contributed by atoms with van der Waals surface area (Å²) in [7, 11) is 1.80. The Morgan fingerprint density at radius 2 is 2.00 bits per heavy atom. The lowest BCUT2D eigenvalue weighted by molar-refractivity contribution is -0.113. The molecule has 0 aliphatic carbocycles. The zero-order chi connectivity index (χ0) is 11.9. The fourth-order valence-corrected chi connectivity index (χ4v) is 0.701. The van der Waals surface area contributed by atoms with E-state index in [1.807, 2.05) is 20.8 Å². The second-order valence-corrected chi connectivity index (χ2v) is 4.53. The van der Waals surface area contributed by atoms with Gasteiger partial charge in [0.2, 0.25) is 0 Å². The third-order valence-electron chi connectivity index (χ3n) is 1.33. The van der Waals surface area contributed by atoms with Gasteiger partial charge < -0.3 is 10.1 Å². The Bertz CT molecular complexity index is 308. The molecule has 4 heteroatoms. The number of nitrogens with one attached hydrogen (secondary N) is 1. The molecule has 1 heterocycles. The first-order chi connectivity index (χ1) is 6.89. The first-order valence-corrected chi connectivity index (χ1v) is 5.02. The molecule has 0 bridgehead atoms. The molecule has 3 nitrogen and oxygen atoms in total. The molecule has 0 saturated carbocycles. The third-order valence-corrected chi connectivity index (χ3v) is 1.57. The summed E-state index contributed by atoms with van der Waals surface area (Å²) >= 11 is 5.64. The fraction of sp³-hybridized carbons (Fsp3) is 0.455. The highest BCUT2D eigenvalue weighted by molar-refractivity contribution is 6.30. The number of hydrogen-bond donors (Lipinski definition) is 1. The molecule has 15 heavy (non-hydrogen) atoms. The molecule has 0 amide bonds. The van der Waals surface area contributed by atoms with E-state index >= 15 is 0 Å². The maximum atomic E-state index is 9.83. The zero-order valence-electron chi connectivity index (χ0n) is 9.54. The van der Waals surface area contributed by atoms with Gasteiger partial charge in [-0.25, -0.2) is 4.98 Å². The van der Waals surface area contributed by atoms with Crippen molar-refractivity contribution in [2.45, 2.75) is 20.8 Å². The molecular formula is C11H17ClN2O. The van der Waals surface area contributed by atoms with Gasteiger partial charge in [-0.15, -0.1) is 0 Å². The minimum Gasteiger partial charge on any atom is -0.373 e. The van der Waals surface area contributed by atoms with Gasteiger partial charge >= 0.3 is 0 Å². The van der Waals surface area contributed by atoms with E-state index in [9.17, 15) is 4.79 Å². The maximum absolute atomic E-state index is 9.83. The summed E-state index contributed by atoms with van der Waals surface area (Å²) in [6.45, 7) is 5.62. The smallest absolute Gasteiger partial charge is 0.127 e. The number of carbonyl (C=O) groups is 1. The van der Waals surface area contributed by atoms with E-state index in [0.717, 1.165) is 12.1 Å². The number of aromatic nitrogens is 1. The minimum atomic E-state index is -0.139. The van der Waals surface area contributed by atoms with Crippen LogP contribution in [0.25, 0.3) is 0 Å². The van der Waals surface area contributed by atoms with E-state index in [1.54, 1.807) is 25.4 Å². The number of halogens is 1. The Morgan fingerprint density at radius 3 is 2.27 bits per heavy atom. The summed E-state index contributed by atoms with van der Waals surface area (Å²) in [6.07, 6.45) is 2.60. The van der Waals surface area contributed by atoms with Gasteiger partial charge in [0.05, 0.1) is 0 Å². The van der Waals surface area contributed by atoms with Crippen molar-refractivity contribution in [3.63, 3.8) is 0 Å². The topological polar surface area (TPSA) is 42.0 Å². The Balaban J connectivity index is 0.000000288. The Hall–Kier alpha value is -1.09. The summed E-state index contributed by atoms with van der Waals surface area (Å²) < 4.78 is 0. The summed E-state index contributed by atoms with van der Waals surface area (Å²) in [6, 6.07) is 3.50. The molecule has 0 fully saturated rings. The van der Waals surface area contributed by atoms with Crippen molar-refractivity contribution in [2.24, 2.45) is 5.41 Å². The second kappa shape index (κ2) is 6.40. The molecule has 1 rings (SSSR count). The Morgan fingerprint density at radius 1 is 1.47 bits per heavy atom. The number of rotatable bonds is 1. The van der Waals surface area contributed by atoms with Gasteiger partial charge in [-0.2, -0.15) is 0 Å². The zero-order valence-corrected chi connectivity index (χ0v) is 10.3. The van der Waals surface area contributed by atoms with Crippen molar-refractivity contribution in [1.29, 1.82) is 0 Å². The van der Waals surface area contributed by atoms with E-state index < -0.39 is 0 Å². The molecule has 0 aromatic carbocycles. The first kappa shape index (κ1) is 13.9. The van der Waals surface area contributed by atoms with E-state index in [4.69, 9.17) is 11.6 Å². The highest BCUT2D eigenvalue weighted by Gasteiger charge is 2.04. The van der Waals surface area contributed by atoms with E-state index in [1.165, 1.54) is 0 Å². The van der Waals surface area contributed by atoms with Gasteiger partial charge in [0.1, 0.15) is 12.1 Å². The molecule has 0 saturated heterocycles. The summed E-state index contributed by atoms with van der Waals surface area (Å²) in [4.78, 5) is 13.8. The van der Waals surface area contributed by atoms with Gasteiger partial charge in [-0.05, 0) is 12.1 Å². The Kier molecular flexibility index (Phi) is 5.94. The first-order valence-electron chi connectivity index (χ1n) is 4.64. The molecule has 0 radical (unpaired) electrons. The van der Waals surface area contributed by atoms with Crippen LogP contribution in [0.15, 0.2) is 18.3 Å². The van der Waals surface area contributed by atoms with Crippen molar-refractivity contribution < 1.29 is 4.79 Å². The molecule has 0 aliphatic heterocycles. The molecular weight excluding hydrogens is 212 g/mol. The average Bonchev–Trinajstić information content (AvgIpc) is 2.18. The van der Waals surface area contributed by atoms with Crippen LogP contribution in [0.4, 0.5) is 5.82 Å². The quantitative estimate of drug-likeness (QED) is 0.752. The summed E-state index contributed by atoms with van der Waals surface area (Å²) in [5, 5.41) is 3.58. The number of aldehydes is 1. The van der Waals surface area contributed by atoms with E-state index in [0.29, 0.717) is 5.02 Å². The number of carbonyl (C=O) groups excluding carboxylic acids is 1. The van der Waals surface area contributed by atoms with Crippen LogP contribution >= 0.6 is 11.6 Å². The number of nitrogens with zero attached hydrogens (tertiary/aromatic N) is 1. The molecule has 0 atom stereocenters. The molecule has 0 aliphatic rings. The average molecular weight is 229 g/mol. The van der Waals surface area contributed by atoms with Crippen LogP contribution in [0.2, 0.25) is 5.02 Å².